The number of aromatic nitrogens is 2. The summed E-state index contributed by atoms with van der Waals surface area (Å²) in [5.41, 5.74) is 2.26. The van der Waals surface area contributed by atoms with Crippen LogP contribution in [0.15, 0.2) is 30.9 Å². The van der Waals surface area contributed by atoms with Crippen LogP contribution in [-0.4, -0.2) is 9.78 Å². The molecule has 1 aromatic carbocycles. The summed E-state index contributed by atoms with van der Waals surface area (Å²) in [5.74, 6) is 1.11. The van der Waals surface area contributed by atoms with Crippen LogP contribution in [0, 0.1) is 29.6 Å². The van der Waals surface area contributed by atoms with Crippen molar-refractivity contribution in [2.45, 2.75) is 39.7 Å². The lowest BCUT2D eigenvalue weighted by Gasteiger charge is -2.17. The summed E-state index contributed by atoms with van der Waals surface area (Å²) in [7, 11) is 0. The van der Waals surface area contributed by atoms with E-state index in [1.54, 1.807) is 18.2 Å². The molecule has 0 radical (unpaired) electrons. The van der Waals surface area contributed by atoms with E-state index < -0.39 is 0 Å². The second-order valence-corrected chi connectivity index (χ2v) is 6.56. The highest BCUT2D eigenvalue weighted by atomic mass is 16.5. The van der Waals surface area contributed by atoms with Crippen LogP contribution in [0.3, 0.4) is 0 Å². The lowest BCUT2D eigenvalue weighted by molar-refractivity contribution is 0.450. The number of nitriles is 2. The van der Waals surface area contributed by atoms with Gasteiger partial charge in [0, 0.05) is 5.41 Å². The Morgan fingerprint density at radius 1 is 1.21 bits per heavy atom. The number of hydrogen-bond donors (Lipinski definition) is 0. The monoisotopic (exact) mass is 320 g/mol. The first-order valence-corrected chi connectivity index (χ1v) is 7.62. The van der Waals surface area contributed by atoms with E-state index in [1.807, 2.05) is 23.7 Å². The first kappa shape index (κ1) is 17.3. The normalized spacial score (nSPS) is 10.8. The number of ether oxygens (including phenoxy) is 1. The Hall–Kier alpha value is -3.05. The van der Waals surface area contributed by atoms with Gasteiger partial charge in [0.2, 0.25) is 0 Å². The Labute approximate surface area is 142 Å². The van der Waals surface area contributed by atoms with Crippen LogP contribution in [0.2, 0.25) is 0 Å². The van der Waals surface area contributed by atoms with Crippen molar-refractivity contribution in [3.63, 3.8) is 0 Å². The first-order valence-electron chi connectivity index (χ1n) is 7.62. The molecule has 0 saturated heterocycles. The molecule has 0 saturated carbocycles. The highest BCUT2D eigenvalue weighted by Gasteiger charge is 2.27. The van der Waals surface area contributed by atoms with E-state index in [0.717, 1.165) is 11.4 Å². The maximum atomic E-state index is 9.12. The first-order chi connectivity index (χ1) is 11.3. The molecule has 0 unspecified atom stereocenters. The molecule has 0 amide bonds. The van der Waals surface area contributed by atoms with Gasteiger partial charge in [0.15, 0.2) is 5.75 Å². The Morgan fingerprint density at radius 2 is 1.79 bits per heavy atom. The molecule has 0 aliphatic rings. The molecule has 5 heteroatoms. The van der Waals surface area contributed by atoms with Crippen molar-refractivity contribution >= 4 is 0 Å². The van der Waals surface area contributed by atoms with Crippen LogP contribution in [0.4, 0.5) is 0 Å². The van der Waals surface area contributed by atoms with Gasteiger partial charge in [-0.15, -0.1) is 6.58 Å². The van der Waals surface area contributed by atoms with Crippen molar-refractivity contribution < 1.29 is 4.74 Å². The third-order valence-corrected chi connectivity index (χ3v) is 3.55. The molecule has 5 nitrogen and oxygen atoms in total. The van der Waals surface area contributed by atoms with Gasteiger partial charge in [-0.2, -0.15) is 15.6 Å². The predicted molar refractivity (Wildman–Crippen MR) is 91.8 cm³/mol. The third-order valence-electron chi connectivity index (χ3n) is 3.55. The molecular weight excluding hydrogens is 300 g/mol. The highest BCUT2D eigenvalue weighted by Crippen LogP contribution is 2.36. The van der Waals surface area contributed by atoms with Gasteiger partial charge in [0.25, 0.3) is 0 Å². The van der Waals surface area contributed by atoms with E-state index in [9.17, 15) is 0 Å². The summed E-state index contributed by atoms with van der Waals surface area (Å²) in [6, 6.07) is 8.87. The molecule has 1 aromatic heterocycles. The summed E-state index contributed by atoms with van der Waals surface area (Å²) >= 11 is 0. The van der Waals surface area contributed by atoms with E-state index in [-0.39, 0.29) is 5.41 Å². The molecule has 1 heterocycles. The summed E-state index contributed by atoms with van der Waals surface area (Å²) < 4.78 is 7.89. The molecule has 0 atom stereocenters. The second-order valence-electron chi connectivity index (χ2n) is 6.56. The SMILES string of the molecule is C=CCn1nc(C(C)(C)C)c(Oc2cc(C#N)cc(C#N)c2)c1C. The van der Waals surface area contributed by atoms with E-state index in [4.69, 9.17) is 15.3 Å². The summed E-state index contributed by atoms with van der Waals surface area (Å²) in [6.45, 7) is 12.5. The van der Waals surface area contributed by atoms with Crippen molar-refractivity contribution in [3.05, 3.63) is 53.4 Å². The van der Waals surface area contributed by atoms with E-state index in [0.29, 0.717) is 29.2 Å². The van der Waals surface area contributed by atoms with Crippen molar-refractivity contribution in [1.82, 2.24) is 9.78 Å². The van der Waals surface area contributed by atoms with Gasteiger partial charge in [0.05, 0.1) is 35.5 Å². The van der Waals surface area contributed by atoms with Crippen molar-refractivity contribution in [2.75, 3.05) is 0 Å². The standard InChI is InChI=1S/C19H20N4O/c1-6-7-23-13(2)17(18(22-23)19(3,4)5)24-16-9-14(11-20)8-15(10-16)12-21/h6,8-10H,1,7H2,2-5H3. The molecule has 24 heavy (non-hydrogen) atoms. The lowest BCUT2D eigenvalue weighted by Crippen LogP contribution is -2.14. The van der Waals surface area contributed by atoms with Crippen LogP contribution in [0.5, 0.6) is 11.5 Å². The molecule has 2 rings (SSSR count). The predicted octanol–water partition coefficient (Wildman–Crippen LogP) is 4.21. The van der Waals surface area contributed by atoms with Crippen LogP contribution < -0.4 is 4.74 Å². The molecule has 122 valence electrons. The molecule has 2 aromatic rings. The number of allylic oxidation sites excluding steroid dienone is 1. The van der Waals surface area contributed by atoms with Crippen LogP contribution in [-0.2, 0) is 12.0 Å². The van der Waals surface area contributed by atoms with Crippen molar-refractivity contribution in [3.8, 4) is 23.6 Å². The maximum absolute atomic E-state index is 9.12. The zero-order valence-electron chi connectivity index (χ0n) is 14.4. The largest absolute Gasteiger partial charge is 0.453 e. The minimum atomic E-state index is -0.211. The van der Waals surface area contributed by atoms with Gasteiger partial charge < -0.3 is 4.74 Å². The average molecular weight is 320 g/mol. The number of hydrogen-bond acceptors (Lipinski definition) is 4. The van der Waals surface area contributed by atoms with Gasteiger partial charge in [-0.25, -0.2) is 0 Å². The van der Waals surface area contributed by atoms with Gasteiger partial charge in [0.1, 0.15) is 11.4 Å². The summed E-state index contributed by atoms with van der Waals surface area (Å²) in [6.07, 6.45) is 1.78. The molecule has 0 bridgehead atoms. The molecular formula is C19H20N4O. The number of nitrogens with zero attached hydrogens (tertiary/aromatic N) is 4. The average Bonchev–Trinajstić information content (AvgIpc) is 2.84. The van der Waals surface area contributed by atoms with Gasteiger partial charge >= 0.3 is 0 Å². The minimum Gasteiger partial charge on any atom is -0.453 e. The molecule has 0 fully saturated rings. The van der Waals surface area contributed by atoms with Crippen LogP contribution in [0.1, 0.15) is 43.3 Å². The molecule has 0 spiro atoms. The molecule has 0 N–H and O–H groups in total. The number of rotatable bonds is 4. The van der Waals surface area contributed by atoms with Crippen LogP contribution >= 0.6 is 0 Å². The molecule has 0 aliphatic heterocycles. The van der Waals surface area contributed by atoms with Gasteiger partial charge in [-0.1, -0.05) is 26.8 Å². The Morgan fingerprint density at radius 3 is 2.25 bits per heavy atom. The molecule has 0 aliphatic carbocycles. The van der Waals surface area contributed by atoms with Crippen molar-refractivity contribution in [1.29, 1.82) is 10.5 Å². The smallest absolute Gasteiger partial charge is 0.171 e. The van der Waals surface area contributed by atoms with Gasteiger partial charge in [-0.3, -0.25) is 4.68 Å². The fourth-order valence-electron chi connectivity index (χ4n) is 2.35. The minimum absolute atomic E-state index is 0.211. The van der Waals surface area contributed by atoms with Gasteiger partial charge in [-0.05, 0) is 25.1 Å². The topological polar surface area (TPSA) is 74.6 Å². The quantitative estimate of drug-likeness (QED) is 0.791. The fraction of sp³-hybridized carbons (Fsp3) is 0.316. The Balaban J connectivity index is 2.55. The fourth-order valence-corrected chi connectivity index (χ4v) is 2.35. The van der Waals surface area contributed by atoms with E-state index >= 15 is 0 Å². The van der Waals surface area contributed by atoms with Crippen molar-refractivity contribution in [2.24, 2.45) is 0 Å². The zero-order valence-corrected chi connectivity index (χ0v) is 14.4. The van der Waals surface area contributed by atoms with E-state index in [1.165, 1.54) is 6.07 Å². The zero-order chi connectivity index (χ0) is 17.9. The highest BCUT2D eigenvalue weighted by molar-refractivity contribution is 5.48. The second kappa shape index (κ2) is 6.60. The Bertz CT molecular complexity index is 825. The maximum Gasteiger partial charge on any atom is 0.171 e. The third kappa shape index (κ3) is 3.47. The Kier molecular flexibility index (Phi) is 4.76. The van der Waals surface area contributed by atoms with Crippen LogP contribution in [0.25, 0.3) is 0 Å². The lowest BCUT2D eigenvalue weighted by atomic mass is 9.91. The van der Waals surface area contributed by atoms with E-state index in [2.05, 4.69) is 32.4 Å². The summed E-state index contributed by atoms with van der Waals surface area (Å²) in [5, 5.41) is 22.9. The number of benzene rings is 1. The summed E-state index contributed by atoms with van der Waals surface area (Å²) in [4.78, 5) is 0.